The number of halogens is 1. The predicted molar refractivity (Wildman–Crippen MR) is 130 cm³/mol. The summed E-state index contributed by atoms with van der Waals surface area (Å²) >= 11 is 6.04. The molecular weight excluding hydrogens is 438 g/mol. The molecule has 33 heavy (non-hydrogen) atoms. The number of amides is 1. The minimum atomic E-state index is -0.784. The molecule has 5 nitrogen and oxygen atoms in total. The highest BCUT2D eigenvalue weighted by Crippen LogP contribution is 2.43. The highest BCUT2D eigenvalue weighted by Gasteiger charge is 2.47. The van der Waals surface area contributed by atoms with Crippen LogP contribution in [0.15, 0.2) is 66.2 Å². The summed E-state index contributed by atoms with van der Waals surface area (Å²) < 4.78 is 5.37. The van der Waals surface area contributed by atoms with E-state index >= 15 is 0 Å². The molecule has 1 aliphatic rings. The van der Waals surface area contributed by atoms with Crippen LogP contribution in [0, 0.1) is 20.8 Å². The number of hydrogen-bond acceptors (Lipinski definition) is 4. The van der Waals surface area contributed by atoms with Crippen molar-refractivity contribution in [3.63, 3.8) is 0 Å². The van der Waals surface area contributed by atoms with Crippen molar-refractivity contribution in [3.8, 4) is 5.75 Å². The number of rotatable bonds is 4. The maximum atomic E-state index is 13.3. The van der Waals surface area contributed by atoms with Gasteiger partial charge in [-0.05, 0) is 73.9 Å². The Morgan fingerprint density at radius 2 is 1.67 bits per heavy atom. The molecule has 1 saturated heterocycles. The van der Waals surface area contributed by atoms with E-state index in [9.17, 15) is 14.7 Å². The molecule has 1 heterocycles. The Morgan fingerprint density at radius 1 is 0.970 bits per heavy atom. The molecule has 1 fully saturated rings. The third-order valence-electron chi connectivity index (χ3n) is 5.90. The number of carbonyl (C=O) groups is 2. The first-order valence-corrected chi connectivity index (χ1v) is 10.9. The molecule has 1 aliphatic heterocycles. The van der Waals surface area contributed by atoms with E-state index in [1.54, 1.807) is 43.5 Å². The number of methoxy groups -OCH3 is 1. The van der Waals surface area contributed by atoms with Crippen LogP contribution in [0.25, 0.3) is 5.76 Å². The second kappa shape index (κ2) is 8.75. The quantitative estimate of drug-likeness (QED) is 0.298. The molecule has 0 aromatic heterocycles. The van der Waals surface area contributed by atoms with Crippen LogP contribution in [0.3, 0.4) is 0 Å². The van der Waals surface area contributed by atoms with E-state index in [0.29, 0.717) is 22.0 Å². The average Bonchev–Trinajstić information content (AvgIpc) is 3.06. The zero-order chi connectivity index (χ0) is 23.9. The molecule has 0 bridgehead atoms. The number of aryl methyl sites for hydroxylation is 3. The minimum absolute atomic E-state index is 0.0493. The highest BCUT2D eigenvalue weighted by molar-refractivity contribution is 6.51. The van der Waals surface area contributed by atoms with Crippen LogP contribution in [0.5, 0.6) is 5.75 Å². The van der Waals surface area contributed by atoms with E-state index in [0.717, 1.165) is 22.3 Å². The molecule has 1 N–H and O–H groups in total. The second-order valence-electron chi connectivity index (χ2n) is 8.20. The van der Waals surface area contributed by atoms with E-state index in [2.05, 4.69) is 0 Å². The molecule has 4 rings (SSSR count). The Labute approximate surface area is 197 Å². The van der Waals surface area contributed by atoms with Crippen molar-refractivity contribution in [2.45, 2.75) is 26.8 Å². The third kappa shape index (κ3) is 4.00. The molecule has 0 aliphatic carbocycles. The van der Waals surface area contributed by atoms with Crippen LogP contribution in [0.1, 0.15) is 33.9 Å². The lowest BCUT2D eigenvalue weighted by atomic mass is 9.92. The number of aliphatic hydroxyl groups is 1. The third-order valence-corrected chi connectivity index (χ3v) is 6.16. The summed E-state index contributed by atoms with van der Waals surface area (Å²) in [4.78, 5) is 28.0. The van der Waals surface area contributed by atoms with Gasteiger partial charge in [0.2, 0.25) is 0 Å². The molecule has 0 spiro atoms. The normalized spacial score (nSPS) is 17.5. The number of nitrogens with zero attached hydrogens (tertiary/aromatic N) is 1. The number of ketones is 1. The van der Waals surface area contributed by atoms with Gasteiger partial charge >= 0.3 is 0 Å². The van der Waals surface area contributed by atoms with Crippen LogP contribution in [0.2, 0.25) is 5.02 Å². The van der Waals surface area contributed by atoms with Gasteiger partial charge in [-0.1, -0.05) is 41.4 Å². The van der Waals surface area contributed by atoms with Gasteiger partial charge in [0.25, 0.3) is 11.7 Å². The lowest BCUT2D eigenvalue weighted by Crippen LogP contribution is -2.29. The SMILES string of the molecule is COc1cc(C)c(/C(O)=C2\C(=O)C(=O)N(c3ccc(Cl)cc3)C2c2cccc(C)c2)cc1C. The lowest BCUT2D eigenvalue weighted by Gasteiger charge is -2.26. The van der Waals surface area contributed by atoms with Crippen molar-refractivity contribution in [1.82, 2.24) is 0 Å². The van der Waals surface area contributed by atoms with Crippen molar-refractivity contribution < 1.29 is 19.4 Å². The first kappa shape index (κ1) is 22.6. The van der Waals surface area contributed by atoms with Crippen molar-refractivity contribution in [2.75, 3.05) is 12.0 Å². The Morgan fingerprint density at radius 3 is 2.30 bits per heavy atom. The second-order valence-corrected chi connectivity index (χ2v) is 8.63. The average molecular weight is 462 g/mol. The van der Waals surface area contributed by atoms with Crippen LogP contribution in [-0.4, -0.2) is 23.9 Å². The topological polar surface area (TPSA) is 66.8 Å². The van der Waals surface area contributed by atoms with Crippen LogP contribution in [-0.2, 0) is 9.59 Å². The van der Waals surface area contributed by atoms with Gasteiger partial charge in [-0.3, -0.25) is 14.5 Å². The van der Waals surface area contributed by atoms with Gasteiger partial charge in [-0.2, -0.15) is 0 Å². The standard InChI is InChI=1S/C27H24ClNO4/c1-15-6-5-7-18(12-15)24-23(25(30)21-13-17(3)22(33-4)14-16(21)2)26(31)27(32)29(24)20-10-8-19(28)9-11-20/h5-14,24,30H,1-4H3/b25-23+. The zero-order valence-electron chi connectivity index (χ0n) is 18.8. The Bertz CT molecular complexity index is 1290. The highest BCUT2D eigenvalue weighted by atomic mass is 35.5. The van der Waals surface area contributed by atoms with E-state index in [1.165, 1.54) is 4.90 Å². The lowest BCUT2D eigenvalue weighted by molar-refractivity contribution is -0.132. The van der Waals surface area contributed by atoms with Crippen LogP contribution in [0.4, 0.5) is 5.69 Å². The van der Waals surface area contributed by atoms with Crippen molar-refractivity contribution in [2.24, 2.45) is 0 Å². The molecule has 0 saturated carbocycles. The van der Waals surface area contributed by atoms with Gasteiger partial charge in [0.1, 0.15) is 11.5 Å². The molecule has 3 aromatic carbocycles. The minimum Gasteiger partial charge on any atom is -0.507 e. The van der Waals surface area contributed by atoms with Gasteiger partial charge in [-0.15, -0.1) is 0 Å². The number of benzene rings is 3. The number of anilines is 1. The molecule has 0 radical (unpaired) electrons. The summed E-state index contributed by atoms with van der Waals surface area (Å²) in [6.07, 6.45) is 0. The maximum Gasteiger partial charge on any atom is 0.300 e. The van der Waals surface area contributed by atoms with Gasteiger partial charge in [0, 0.05) is 16.3 Å². The molecule has 1 unspecified atom stereocenters. The van der Waals surface area contributed by atoms with E-state index < -0.39 is 17.7 Å². The fourth-order valence-electron chi connectivity index (χ4n) is 4.27. The van der Waals surface area contributed by atoms with E-state index in [-0.39, 0.29) is 11.3 Å². The molecule has 6 heteroatoms. The Hall–Kier alpha value is -3.57. The first-order valence-electron chi connectivity index (χ1n) is 10.5. The van der Waals surface area contributed by atoms with Crippen molar-refractivity contribution in [3.05, 3.63) is 99.1 Å². The molecule has 1 atom stereocenters. The maximum absolute atomic E-state index is 13.3. The number of aliphatic hydroxyl groups excluding tert-OH is 1. The van der Waals surface area contributed by atoms with E-state index in [1.807, 2.05) is 45.0 Å². The fraction of sp³-hybridized carbons (Fsp3) is 0.185. The summed E-state index contributed by atoms with van der Waals surface area (Å²) in [6.45, 7) is 5.63. The van der Waals surface area contributed by atoms with E-state index in [4.69, 9.17) is 16.3 Å². The molecule has 3 aromatic rings. The largest absolute Gasteiger partial charge is 0.507 e. The van der Waals surface area contributed by atoms with Crippen molar-refractivity contribution >= 4 is 34.7 Å². The number of hydrogen-bond donors (Lipinski definition) is 1. The number of Topliss-reactive ketones (excluding diaryl/α,β-unsaturated/α-hetero) is 1. The Balaban J connectivity index is 1.98. The summed E-state index contributed by atoms with van der Waals surface area (Å²) in [7, 11) is 1.58. The number of ether oxygens (including phenoxy) is 1. The molecule has 168 valence electrons. The molecular formula is C27H24ClNO4. The summed E-state index contributed by atoms with van der Waals surface area (Å²) in [5, 5.41) is 11.9. The monoisotopic (exact) mass is 461 g/mol. The van der Waals surface area contributed by atoms with Gasteiger partial charge in [0.15, 0.2) is 0 Å². The van der Waals surface area contributed by atoms with Crippen molar-refractivity contribution in [1.29, 1.82) is 0 Å². The predicted octanol–water partition coefficient (Wildman–Crippen LogP) is 5.90. The summed E-state index contributed by atoms with van der Waals surface area (Å²) in [5.41, 5.74) is 4.31. The first-order chi connectivity index (χ1) is 15.7. The van der Waals surface area contributed by atoms with Crippen LogP contribution < -0.4 is 9.64 Å². The fourth-order valence-corrected chi connectivity index (χ4v) is 4.39. The Kier molecular flexibility index (Phi) is 6.00. The number of carbonyl (C=O) groups excluding carboxylic acids is 2. The van der Waals surface area contributed by atoms with Gasteiger partial charge in [0.05, 0.1) is 18.7 Å². The van der Waals surface area contributed by atoms with Crippen LogP contribution >= 0.6 is 11.6 Å². The molecule has 1 amide bonds. The van der Waals surface area contributed by atoms with Gasteiger partial charge < -0.3 is 9.84 Å². The smallest absolute Gasteiger partial charge is 0.300 e. The summed E-state index contributed by atoms with van der Waals surface area (Å²) in [6, 6.07) is 17.1. The summed E-state index contributed by atoms with van der Waals surface area (Å²) in [5.74, 6) is -0.962. The van der Waals surface area contributed by atoms with Gasteiger partial charge in [-0.25, -0.2) is 0 Å². The zero-order valence-corrected chi connectivity index (χ0v) is 19.6.